The highest BCUT2D eigenvalue weighted by atomic mass is 16.6. The maximum atomic E-state index is 13.4. The summed E-state index contributed by atoms with van der Waals surface area (Å²) in [5.74, 6) is -2.29. The van der Waals surface area contributed by atoms with Gasteiger partial charge in [-0.25, -0.2) is 4.79 Å². The Labute approximate surface area is 379 Å². The van der Waals surface area contributed by atoms with Crippen LogP contribution < -0.4 is 32.3 Å². The van der Waals surface area contributed by atoms with Crippen LogP contribution in [0, 0.1) is 11.8 Å². The number of carbonyl (C=O) groups excluding carboxylic acids is 5. The summed E-state index contributed by atoms with van der Waals surface area (Å²) in [5, 5.41) is 14.1. The first-order valence-corrected chi connectivity index (χ1v) is 22.3. The van der Waals surface area contributed by atoms with Gasteiger partial charge in [0.15, 0.2) is 0 Å². The lowest BCUT2D eigenvalue weighted by Crippen LogP contribution is -2.54. The second kappa shape index (κ2) is 38.3. The quantitative estimate of drug-likeness (QED) is 0.0406. The van der Waals surface area contributed by atoms with Gasteiger partial charge >= 0.3 is 12.0 Å². The molecule has 1 rings (SSSR count). The van der Waals surface area contributed by atoms with Crippen molar-refractivity contribution >= 4 is 35.4 Å². The molecular weight excluding hydrogens is 837 g/mol. The van der Waals surface area contributed by atoms with E-state index >= 15 is 0 Å². The fraction of sp³-hybridized carbons (Fsp3) is 0.750. The summed E-state index contributed by atoms with van der Waals surface area (Å²) in [7, 11) is 0. The molecule has 0 aromatic heterocycles. The van der Waals surface area contributed by atoms with E-state index < -0.39 is 35.8 Å². The zero-order valence-corrected chi connectivity index (χ0v) is 39.0. The number of rotatable bonds is 41. The van der Waals surface area contributed by atoms with Crippen LogP contribution in [0.1, 0.15) is 66.4 Å². The molecule has 1 aromatic carbocycles. The van der Waals surface area contributed by atoms with Crippen LogP contribution in [-0.2, 0) is 68.4 Å². The number of amides is 5. The van der Waals surface area contributed by atoms with Crippen LogP contribution in [0.3, 0.4) is 0 Å². The fourth-order valence-corrected chi connectivity index (χ4v) is 5.29. The van der Waals surface area contributed by atoms with E-state index in [1.807, 2.05) is 0 Å². The fourth-order valence-electron chi connectivity index (χ4n) is 5.29. The maximum absolute atomic E-state index is 13.4. The molecule has 0 fully saturated rings. The van der Waals surface area contributed by atoms with E-state index in [9.17, 15) is 24.0 Å². The Morgan fingerprint density at radius 1 is 0.578 bits per heavy atom. The summed E-state index contributed by atoms with van der Waals surface area (Å²) in [6, 6.07) is 4.58. The van der Waals surface area contributed by atoms with Crippen molar-refractivity contribution in [3.05, 3.63) is 29.8 Å². The Balaban J connectivity index is 2.20. The Morgan fingerprint density at radius 3 is 1.48 bits per heavy atom. The number of benzene rings is 1. The Morgan fingerprint density at radius 2 is 1.05 bits per heavy atom. The Bertz CT molecular complexity index is 1390. The van der Waals surface area contributed by atoms with Crippen molar-refractivity contribution in [2.24, 2.45) is 17.6 Å². The van der Waals surface area contributed by atoms with Crippen LogP contribution in [0.2, 0.25) is 0 Å². The first kappa shape index (κ1) is 58.0. The summed E-state index contributed by atoms with van der Waals surface area (Å²) in [5.41, 5.74) is 6.37. The molecule has 0 aliphatic heterocycles. The second-order valence-corrected chi connectivity index (χ2v) is 15.5. The summed E-state index contributed by atoms with van der Waals surface area (Å²) in [4.78, 5) is 62.5. The minimum absolute atomic E-state index is 0.0113. The molecule has 7 N–H and O–H groups in total. The van der Waals surface area contributed by atoms with Crippen molar-refractivity contribution in [2.75, 3.05) is 124 Å². The molecule has 2 atom stereocenters. The summed E-state index contributed by atoms with van der Waals surface area (Å²) < 4.78 is 49.2. The highest BCUT2D eigenvalue weighted by Gasteiger charge is 2.29. The number of anilines is 1. The SMILES string of the molecule is CC(C)NCCOCCOCCOCCOCCOCCOCCOCCOCCC(=O)N[C@H](C(=O)N[C@@H](CCCNC(N)=O)C(=O)Nc1ccc(COC(=O)C(C)C)cc1)C(C)C. The van der Waals surface area contributed by atoms with E-state index in [0.717, 1.165) is 12.1 Å². The van der Waals surface area contributed by atoms with Crippen LogP contribution in [0.4, 0.5) is 10.5 Å². The molecule has 64 heavy (non-hydrogen) atoms. The molecule has 0 saturated carbocycles. The van der Waals surface area contributed by atoms with Crippen molar-refractivity contribution in [2.45, 2.75) is 85.5 Å². The zero-order valence-electron chi connectivity index (χ0n) is 39.0. The molecule has 0 bridgehead atoms. The van der Waals surface area contributed by atoms with Gasteiger partial charge in [0.2, 0.25) is 17.7 Å². The van der Waals surface area contributed by atoms with Crippen molar-refractivity contribution in [3.63, 3.8) is 0 Å². The van der Waals surface area contributed by atoms with Gasteiger partial charge in [-0.05, 0) is 36.5 Å². The predicted molar refractivity (Wildman–Crippen MR) is 240 cm³/mol. The normalized spacial score (nSPS) is 12.3. The molecule has 20 nitrogen and oxygen atoms in total. The molecule has 0 aliphatic rings. The molecule has 1 aromatic rings. The monoisotopic (exact) mass is 915 g/mol. The van der Waals surface area contributed by atoms with Gasteiger partial charge in [0, 0.05) is 31.2 Å². The molecule has 368 valence electrons. The number of urea groups is 1. The third-order valence-corrected chi connectivity index (χ3v) is 8.82. The summed E-state index contributed by atoms with van der Waals surface area (Å²) in [6.45, 7) is 19.4. The lowest BCUT2D eigenvalue weighted by atomic mass is 10.0. The minimum atomic E-state index is -0.993. The molecular formula is C44H78N6O14. The molecule has 0 aliphatic carbocycles. The number of hydrogen-bond donors (Lipinski definition) is 6. The highest BCUT2D eigenvalue weighted by molar-refractivity contribution is 5.98. The summed E-state index contributed by atoms with van der Waals surface area (Å²) in [6.07, 6.45) is 0.526. The number of carbonyl (C=O) groups is 5. The third-order valence-electron chi connectivity index (χ3n) is 8.82. The third kappa shape index (κ3) is 32.6. The summed E-state index contributed by atoms with van der Waals surface area (Å²) >= 11 is 0. The van der Waals surface area contributed by atoms with Crippen molar-refractivity contribution in [1.29, 1.82) is 0 Å². The molecule has 0 saturated heterocycles. The standard InChI is InChI=1S/C44H78N6O14/c1-33(2)40(42(53)49-38(8-7-14-47-44(45)55)41(52)48-37-11-9-36(10-12-37)32-64-43(54)34(3)4)50-39(51)13-16-56-18-20-58-22-24-60-26-28-62-30-31-63-29-27-61-25-23-59-21-19-57-17-15-46-35(5)6/h9-12,33-35,38,40,46H,7-8,13-32H2,1-6H3,(H,48,52)(H,49,53)(H,50,51)(H3,45,47,55)/t38-,40-/m0/s1. The molecule has 0 radical (unpaired) electrons. The number of primary amides is 1. The van der Waals surface area contributed by atoms with Crippen LogP contribution in [-0.4, -0.2) is 167 Å². The van der Waals surface area contributed by atoms with Gasteiger partial charge in [-0.1, -0.05) is 53.7 Å². The van der Waals surface area contributed by atoms with E-state index in [4.69, 9.17) is 48.4 Å². The zero-order chi connectivity index (χ0) is 47.2. The Hall–Kier alpha value is -3.99. The molecule has 20 heteroatoms. The smallest absolute Gasteiger partial charge is 0.312 e. The van der Waals surface area contributed by atoms with Gasteiger partial charge in [-0.2, -0.15) is 0 Å². The van der Waals surface area contributed by atoms with Crippen LogP contribution in [0.5, 0.6) is 0 Å². The van der Waals surface area contributed by atoms with Gasteiger partial charge in [0.1, 0.15) is 18.7 Å². The van der Waals surface area contributed by atoms with Gasteiger partial charge in [0.05, 0.1) is 112 Å². The number of hydrogen-bond acceptors (Lipinski definition) is 15. The molecule has 0 heterocycles. The number of esters is 1. The largest absolute Gasteiger partial charge is 0.461 e. The maximum Gasteiger partial charge on any atom is 0.312 e. The van der Waals surface area contributed by atoms with E-state index in [0.29, 0.717) is 111 Å². The van der Waals surface area contributed by atoms with Gasteiger partial charge < -0.3 is 74.9 Å². The van der Waals surface area contributed by atoms with Crippen LogP contribution in [0.15, 0.2) is 24.3 Å². The van der Waals surface area contributed by atoms with Gasteiger partial charge in [0.25, 0.3) is 0 Å². The Kier molecular flexibility index (Phi) is 34.7. The predicted octanol–water partition coefficient (Wildman–Crippen LogP) is 1.92. The van der Waals surface area contributed by atoms with Crippen molar-refractivity contribution < 1.29 is 66.6 Å². The van der Waals surface area contributed by atoms with E-state index in [1.165, 1.54) is 0 Å². The lowest BCUT2D eigenvalue weighted by molar-refractivity contribution is -0.148. The highest BCUT2D eigenvalue weighted by Crippen LogP contribution is 2.13. The van der Waals surface area contributed by atoms with E-state index in [2.05, 4.69) is 40.4 Å². The molecule has 0 unspecified atom stereocenters. The van der Waals surface area contributed by atoms with Gasteiger partial charge in [-0.3, -0.25) is 19.2 Å². The first-order chi connectivity index (χ1) is 30.8. The molecule has 0 spiro atoms. The van der Waals surface area contributed by atoms with E-state index in [1.54, 1.807) is 52.0 Å². The van der Waals surface area contributed by atoms with Gasteiger partial charge in [-0.15, -0.1) is 0 Å². The van der Waals surface area contributed by atoms with Crippen LogP contribution in [0.25, 0.3) is 0 Å². The van der Waals surface area contributed by atoms with E-state index in [-0.39, 0.29) is 57.0 Å². The number of nitrogens with two attached hydrogens (primary N) is 1. The van der Waals surface area contributed by atoms with Crippen LogP contribution >= 0.6 is 0 Å². The number of nitrogens with one attached hydrogen (secondary N) is 5. The molecule has 5 amide bonds. The van der Waals surface area contributed by atoms with Crippen molar-refractivity contribution in [1.82, 2.24) is 21.3 Å². The first-order valence-electron chi connectivity index (χ1n) is 22.3. The topological polar surface area (TPSA) is 255 Å². The average Bonchev–Trinajstić information content (AvgIpc) is 3.25. The number of ether oxygens (including phenoxy) is 9. The second-order valence-electron chi connectivity index (χ2n) is 15.5. The lowest BCUT2D eigenvalue weighted by Gasteiger charge is -2.25. The minimum Gasteiger partial charge on any atom is -0.461 e. The average molecular weight is 915 g/mol. The van der Waals surface area contributed by atoms with Crippen molar-refractivity contribution in [3.8, 4) is 0 Å².